The number of para-hydroxylation sites is 1. The van der Waals surface area contributed by atoms with E-state index in [4.69, 9.17) is 4.99 Å². The summed E-state index contributed by atoms with van der Waals surface area (Å²) in [6.45, 7) is 5.87. The number of rotatable bonds is 8. The number of nitrogens with one attached hydrogen (secondary N) is 1. The number of carbonyl (C=O) groups is 2. The number of thioether (sulfide) groups is 1. The SMILES string of the molecule is CCCC(C)N1C(=O)C(CC(=O)Nc2ccc(Br)cc2)SC1=Nc1c(C)n(C)n(-c2ccccc2)c1=O. The standard InChI is InChI=1S/C27H30BrN5O3S/c1-5-9-17(2)32-25(35)22(16-23(34)29-20-14-12-19(28)13-15-20)37-27(32)30-24-18(3)31(4)33(26(24)36)21-10-7-6-8-11-21/h6-8,10-15,17,22H,5,9,16H2,1-4H3,(H,29,34). The van der Waals surface area contributed by atoms with Crippen LogP contribution < -0.4 is 10.9 Å². The second kappa shape index (κ2) is 11.5. The maximum absolute atomic E-state index is 13.5. The minimum atomic E-state index is -0.617. The molecule has 1 fully saturated rings. The van der Waals surface area contributed by atoms with Crippen LogP contribution in [-0.4, -0.2) is 42.5 Å². The normalized spacial score (nSPS) is 17.4. The molecule has 4 rings (SSSR count). The zero-order valence-corrected chi connectivity index (χ0v) is 23.7. The molecule has 1 aromatic heterocycles. The van der Waals surface area contributed by atoms with Crippen LogP contribution >= 0.6 is 27.7 Å². The second-order valence-electron chi connectivity index (χ2n) is 9.02. The van der Waals surface area contributed by atoms with Crippen molar-refractivity contribution in [1.82, 2.24) is 14.3 Å². The monoisotopic (exact) mass is 583 g/mol. The maximum Gasteiger partial charge on any atom is 0.297 e. The number of carbonyl (C=O) groups excluding carboxylic acids is 2. The maximum atomic E-state index is 13.5. The number of hydrogen-bond donors (Lipinski definition) is 1. The first-order valence-corrected chi connectivity index (χ1v) is 13.9. The van der Waals surface area contributed by atoms with Gasteiger partial charge >= 0.3 is 0 Å². The van der Waals surface area contributed by atoms with E-state index in [9.17, 15) is 14.4 Å². The number of hydrogen-bond acceptors (Lipinski definition) is 5. The number of amidine groups is 1. The number of aromatic nitrogens is 2. The molecule has 2 amide bonds. The lowest BCUT2D eigenvalue weighted by Crippen LogP contribution is -2.40. The topological polar surface area (TPSA) is 88.7 Å². The highest BCUT2D eigenvalue weighted by atomic mass is 79.9. The molecule has 1 N–H and O–H groups in total. The highest BCUT2D eigenvalue weighted by molar-refractivity contribution is 9.10. The van der Waals surface area contributed by atoms with Gasteiger partial charge in [0.1, 0.15) is 5.25 Å². The molecular weight excluding hydrogens is 554 g/mol. The van der Waals surface area contributed by atoms with E-state index in [1.807, 2.05) is 63.4 Å². The van der Waals surface area contributed by atoms with Crippen LogP contribution in [0.1, 0.15) is 38.8 Å². The van der Waals surface area contributed by atoms with E-state index in [0.29, 0.717) is 16.5 Å². The Kier molecular flexibility index (Phi) is 8.39. The van der Waals surface area contributed by atoms with Crippen molar-refractivity contribution in [3.05, 3.63) is 75.1 Å². The molecular formula is C27H30BrN5O3S. The Morgan fingerprint density at radius 1 is 1.14 bits per heavy atom. The van der Waals surface area contributed by atoms with Crippen molar-refractivity contribution in [2.45, 2.75) is 51.3 Å². The predicted molar refractivity (Wildman–Crippen MR) is 153 cm³/mol. The quantitative estimate of drug-likeness (QED) is 0.384. The van der Waals surface area contributed by atoms with Gasteiger partial charge in [0.25, 0.3) is 5.56 Å². The summed E-state index contributed by atoms with van der Waals surface area (Å²) in [4.78, 5) is 46.1. The number of amides is 2. The van der Waals surface area contributed by atoms with E-state index < -0.39 is 5.25 Å². The number of halogens is 1. The molecule has 8 nitrogen and oxygen atoms in total. The molecule has 0 aliphatic carbocycles. The number of anilines is 1. The lowest BCUT2D eigenvalue weighted by Gasteiger charge is -2.24. The third kappa shape index (κ3) is 5.75. The number of benzene rings is 2. The first-order chi connectivity index (χ1) is 17.7. The van der Waals surface area contributed by atoms with Gasteiger partial charge in [-0.25, -0.2) is 9.67 Å². The summed E-state index contributed by atoms with van der Waals surface area (Å²) in [5.41, 5.74) is 2.11. The fraction of sp³-hybridized carbons (Fsp3) is 0.333. The van der Waals surface area contributed by atoms with Crippen LogP contribution in [0.5, 0.6) is 0 Å². The summed E-state index contributed by atoms with van der Waals surface area (Å²) in [6.07, 6.45) is 1.68. The number of aliphatic imine (C=N–C) groups is 1. The summed E-state index contributed by atoms with van der Waals surface area (Å²) in [5, 5.41) is 2.70. The Morgan fingerprint density at radius 3 is 2.46 bits per heavy atom. The molecule has 0 saturated carbocycles. The first kappa shape index (κ1) is 26.9. The second-order valence-corrected chi connectivity index (χ2v) is 11.1. The van der Waals surface area contributed by atoms with Crippen LogP contribution in [0.2, 0.25) is 0 Å². The summed E-state index contributed by atoms with van der Waals surface area (Å²) >= 11 is 4.63. The van der Waals surface area contributed by atoms with E-state index in [1.165, 1.54) is 11.8 Å². The molecule has 194 valence electrons. The Balaban J connectivity index is 1.65. The zero-order chi connectivity index (χ0) is 26.7. The smallest absolute Gasteiger partial charge is 0.297 e. The van der Waals surface area contributed by atoms with Gasteiger partial charge in [0, 0.05) is 29.7 Å². The van der Waals surface area contributed by atoms with Crippen molar-refractivity contribution in [2.75, 3.05) is 5.32 Å². The van der Waals surface area contributed by atoms with Gasteiger partial charge in [0.15, 0.2) is 10.9 Å². The molecule has 2 heterocycles. The van der Waals surface area contributed by atoms with Gasteiger partial charge in [-0.3, -0.25) is 24.0 Å². The van der Waals surface area contributed by atoms with E-state index in [2.05, 4.69) is 28.2 Å². The van der Waals surface area contributed by atoms with Gasteiger partial charge in [-0.2, -0.15) is 0 Å². The molecule has 2 atom stereocenters. The van der Waals surface area contributed by atoms with Gasteiger partial charge in [0.05, 0.1) is 11.4 Å². The predicted octanol–water partition coefficient (Wildman–Crippen LogP) is 5.40. The average Bonchev–Trinajstić information content (AvgIpc) is 3.28. The molecule has 1 aliphatic heterocycles. The Labute approximate surface area is 228 Å². The molecule has 3 aromatic rings. The van der Waals surface area contributed by atoms with Crippen LogP contribution in [0.4, 0.5) is 11.4 Å². The minimum Gasteiger partial charge on any atom is -0.326 e. The van der Waals surface area contributed by atoms with E-state index in [-0.39, 0.29) is 35.5 Å². The van der Waals surface area contributed by atoms with Crippen LogP contribution in [-0.2, 0) is 16.6 Å². The summed E-state index contributed by atoms with van der Waals surface area (Å²) in [6, 6.07) is 16.5. The van der Waals surface area contributed by atoms with Crippen molar-refractivity contribution in [1.29, 1.82) is 0 Å². The highest BCUT2D eigenvalue weighted by Gasteiger charge is 2.41. The molecule has 0 bridgehead atoms. The molecule has 0 radical (unpaired) electrons. The molecule has 0 spiro atoms. The van der Waals surface area contributed by atoms with Crippen LogP contribution in [0, 0.1) is 6.92 Å². The van der Waals surface area contributed by atoms with Gasteiger partial charge < -0.3 is 5.32 Å². The molecule has 1 saturated heterocycles. The average molecular weight is 585 g/mol. The van der Waals surface area contributed by atoms with Crippen LogP contribution in [0.3, 0.4) is 0 Å². The fourth-order valence-corrected chi connectivity index (χ4v) is 5.83. The largest absolute Gasteiger partial charge is 0.326 e. The third-order valence-corrected chi connectivity index (χ3v) is 8.02. The summed E-state index contributed by atoms with van der Waals surface area (Å²) < 4.78 is 4.25. The lowest BCUT2D eigenvalue weighted by atomic mass is 10.1. The van der Waals surface area contributed by atoms with Crippen molar-refractivity contribution in [3.63, 3.8) is 0 Å². The Hall–Kier alpha value is -3.11. The van der Waals surface area contributed by atoms with Gasteiger partial charge in [-0.05, 0) is 56.7 Å². The lowest BCUT2D eigenvalue weighted by molar-refractivity contribution is -0.129. The first-order valence-electron chi connectivity index (χ1n) is 12.2. The van der Waals surface area contributed by atoms with Crippen molar-refractivity contribution in [2.24, 2.45) is 12.0 Å². The van der Waals surface area contributed by atoms with E-state index in [1.54, 1.807) is 26.4 Å². The Bertz CT molecular complexity index is 1380. The van der Waals surface area contributed by atoms with Gasteiger partial charge in [-0.15, -0.1) is 0 Å². The van der Waals surface area contributed by atoms with Gasteiger partial charge in [-0.1, -0.05) is 59.2 Å². The highest BCUT2D eigenvalue weighted by Crippen LogP contribution is 2.34. The third-order valence-electron chi connectivity index (χ3n) is 6.34. The zero-order valence-electron chi connectivity index (χ0n) is 21.3. The van der Waals surface area contributed by atoms with Gasteiger partial charge in [0.2, 0.25) is 11.8 Å². The van der Waals surface area contributed by atoms with E-state index in [0.717, 1.165) is 23.0 Å². The minimum absolute atomic E-state index is 0.00987. The molecule has 2 unspecified atom stereocenters. The van der Waals surface area contributed by atoms with Crippen LogP contribution in [0.15, 0.2) is 68.9 Å². The summed E-state index contributed by atoms with van der Waals surface area (Å²) in [5.74, 6) is -0.410. The molecule has 1 aliphatic rings. The Morgan fingerprint density at radius 2 is 1.81 bits per heavy atom. The molecule has 2 aromatic carbocycles. The van der Waals surface area contributed by atoms with Crippen molar-refractivity contribution >= 4 is 56.0 Å². The van der Waals surface area contributed by atoms with E-state index >= 15 is 0 Å². The molecule has 10 heteroatoms. The number of nitrogens with zero attached hydrogens (tertiary/aromatic N) is 4. The summed E-state index contributed by atoms with van der Waals surface area (Å²) in [7, 11) is 1.81. The van der Waals surface area contributed by atoms with Crippen LogP contribution in [0.25, 0.3) is 5.69 Å². The molecule has 37 heavy (non-hydrogen) atoms. The van der Waals surface area contributed by atoms with Crippen molar-refractivity contribution in [3.8, 4) is 5.69 Å². The fourth-order valence-electron chi connectivity index (χ4n) is 4.34. The van der Waals surface area contributed by atoms with Crippen molar-refractivity contribution < 1.29 is 9.59 Å².